The van der Waals surface area contributed by atoms with E-state index in [0.29, 0.717) is 15.0 Å². The van der Waals surface area contributed by atoms with E-state index in [4.69, 9.17) is 11.7 Å². The highest BCUT2D eigenvalue weighted by molar-refractivity contribution is 5.85. The molecule has 0 spiro atoms. The van der Waals surface area contributed by atoms with E-state index in [0.717, 1.165) is 25.9 Å². The van der Waals surface area contributed by atoms with Gasteiger partial charge in [-0.2, -0.15) is 11.7 Å². The van der Waals surface area contributed by atoms with Crippen molar-refractivity contribution in [2.75, 3.05) is 41.3 Å². The molecule has 4 N–H and O–H groups in total. The summed E-state index contributed by atoms with van der Waals surface area (Å²) in [6.07, 6.45) is 1.92. The van der Waals surface area contributed by atoms with E-state index in [2.05, 4.69) is 0 Å². The van der Waals surface area contributed by atoms with Crippen molar-refractivity contribution >= 4 is 5.78 Å². The van der Waals surface area contributed by atoms with Gasteiger partial charge in [-0.1, -0.05) is 0 Å². The molecular formula is C11H26N4O+2. The van der Waals surface area contributed by atoms with Crippen molar-refractivity contribution in [2.45, 2.75) is 12.8 Å². The number of nitrogens with zero attached hydrogens (tertiary/aromatic N) is 2. The van der Waals surface area contributed by atoms with Crippen LogP contribution in [0, 0.1) is 11.8 Å². The zero-order chi connectivity index (χ0) is 12.6. The molecule has 0 aliphatic heterocycles. The van der Waals surface area contributed by atoms with Gasteiger partial charge in [-0.05, 0) is 12.8 Å². The Morgan fingerprint density at radius 2 is 1.31 bits per heavy atom. The molecule has 16 heavy (non-hydrogen) atoms. The molecule has 1 aliphatic rings. The Balaban J connectivity index is 2.55. The van der Waals surface area contributed by atoms with E-state index in [1.165, 1.54) is 0 Å². The smallest absolute Gasteiger partial charge is 0.150 e. The fraction of sp³-hybridized carbons (Fsp3) is 0.909. The van der Waals surface area contributed by atoms with Crippen molar-refractivity contribution in [1.29, 1.82) is 0 Å². The first kappa shape index (κ1) is 13.6. The molecule has 0 radical (unpaired) electrons. The van der Waals surface area contributed by atoms with Crippen LogP contribution in [-0.4, -0.2) is 56.2 Å². The molecular weight excluding hydrogens is 204 g/mol. The summed E-state index contributed by atoms with van der Waals surface area (Å²) in [5, 5.41) is 0. The second-order valence-corrected chi connectivity index (χ2v) is 6.30. The van der Waals surface area contributed by atoms with Crippen LogP contribution in [0.4, 0.5) is 0 Å². The first-order valence-corrected chi connectivity index (χ1v) is 5.85. The van der Waals surface area contributed by atoms with Gasteiger partial charge >= 0.3 is 0 Å². The Bertz CT molecular complexity index is 238. The summed E-state index contributed by atoms with van der Waals surface area (Å²) in [4.78, 5) is 12.1. The highest BCUT2D eigenvalue weighted by atomic mass is 16.1. The third-order valence-corrected chi connectivity index (χ3v) is 3.05. The van der Waals surface area contributed by atoms with E-state index in [1.54, 1.807) is 0 Å². The summed E-state index contributed by atoms with van der Waals surface area (Å²) in [6, 6.07) is 0. The van der Waals surface area contributed by atoms with E-state index in [1.807, 2.05) is 28.2 Å². The monoisotopic (exact) mass is 230 g/mol. The van der Waals surface area contributed by atoms with Gasteiger partial charge < -0.3 is 0 Å². The van der Waals surface area contributed by atoms with E-state index < -0.39 is 0 Å². The van der Waals surface area contributed by atoms with Crippen LogP contribution in [0.2, 0.25) is 0 Å². The second kappa shape index (κ2) is 4.41. The zero-order valence-electron chi connectivity index (χ0n) is 10.9. The van der Waals surface area contributed by atoms with Crippen molar-refractivity contribution in [2.24, 2.45) is 23.5 Å². The highest BCUT2D eigenvalue weighted by Gasteiger charge is 2.40. The molecule has 5 heteroatoms. The van der Waals surface area contributed by atoms with Crippen LogP contribution in [0.3, 0.4) is 0 Å². The van der Waals surface area contributed by atoms with Gasteiger partial charge in [0.15, 0.2) is 0 Å². The summed E-state index contributed by atoms with van der Waals surface area (Å²) in [5.41, 5.74) is 0. The van der Waals surface area contributed by atoms with Crippen molar-refractivity contribution in [3.63, 3.8) is 0 Å². The van der Waals surface area contributed by atoms with Gasteiger partial charge in [0, 0.05) is 0 Å². The van der Waals surface area contributed by atoms with Crippen LogP contribution in [0.5, 0.6) is 0 Å². The summed E-state index contributed by atoms with van der Waals surface area (Å²) in [6.45, 7) is 1.46. The third kappa shape index (κ3) is 4.17. The molecule has 0 aromatic rings. The number of nitrogens with two attached hydrogens (primary N) is 2. The van der Waals surface area contributed by atoms with Crippen molar-refractivity contribution in [1.82, 2.24) is 0 Å². The van der Waals surface area contributed by atoms with Gasteiger partial charge in [0.1, 0.15) is 18.9 Å². The molecule has 1 aliphatic carbocycles. The van der Waals surface area contributed by atoms with Gasteiger partial charge in [-0.25, -0.2) is 0 Å². The van der Waals surface area contributed by atoms with Crippen LogP contribution < -0.4 is 11.7 Å². The molecule has 2 unspecified atom stereocenters. The fourth-order valence-electron chi connectivity index (χ4n) is 2.52. The van der Waals surface area contributed by atoms with E-state index >= 15 is 0 Å². The van der Waals surface area contributed by atoms with Crippen LogP contribution in [0.25, 0.3) is 0 Å². The largest absolute Gasteiger partial charge is 0.299 e. The maximum atomic E-state index is 12.1. The Labute approximate surface area is 98.1 Å². The molecule has 2 atom stereocenters. The van der Waals surface area contributed by atoms with Gasteiger partial charge in [0.25, 0.3) is 0 Å². The number of carbonyl (C=O) groups is 1. The number of hydrogen-bond acceptors (Lipinski definition) is 3. The number of ketones is 1. The van der Waals surface area contributed by atoms with Crippen LogP contribution in [0.1, 0.15) is 12.8 Å². The normalized spacial score (nSPS) is 27.5. The van der Waals surface area contributed by atoms with Gasteiger partial charge in [0.05, 0.1) is 40.0 Å². The molecule has 0 aromatic carbocycles. The maximum Gasteiger partial charge on any atom is 0.150 e. The van der Waals surface area contributed by atoms with Gasteiger partial charge in [-0.15, -0.1) is 0 Å². The van der Waals surface area contributed by atoms with E-state index in [-0.39, 0.29) is 11.8 Å². The lowest BCUT2D eigenvalue weighted by molar-refractivity contribution is -0.905. The molecule has 1 rings (SSSR count). The fourth-order valence-corrected chi connectivity index (χ4v) is 2.52. The van der Waals surface area contributed by atoms with E-state index in [9.17, 15) is 4.79 Å². The predicted octanol–water partition coefficient (Wildman–Crippen LogP) is -0.518. The summed E-state index contributed by atoms with van der Waals surface area (Å²) < 4.78 is 0.730. The first-order chi connectivity index (χ1) is 7.08. The molecule has 1 saturated carbocycles. The number of hydrogen-bond donors (Lipinski definition) is 2. The zero-order valence-corrected chi connectivity index (χ0v) is 10.9. The molecule has 94 valence electrons. The summed E-state index contributed by atoms with van der Waals surface area (Å²) in [5.74, 6) is 12.4. The number of carbonyl (C=O) groups excluding carboxylic acids is 1. The van der Waals surface area contributed by atoms with Crippen molar-refractivity contribution in [3.8, 4) is 0 Å². The quantitative estimate of drug-likeness (QED) is 0.388. The Morgan fingerprint density at radius 3 is 1.56 bits per heavy atom. The lowest BCUT2D eigenvalue weighted by Gasteiger charge is -2.26. The van der Waals surface area contributed by atoms with Crippen molar-refractivity contribution < 1.29 is 14.0 Å². The maximum absolute atomic E-state index is 12.1. The second-order valence-electron chi connectivity index (χ2n) is 6.30. The number of quaternary nitrogens is 2. The van der Waals surface area contributed by atoms with Gasteiger partial charge in [-0.3, -0.25) is 14.0 Å². The minimum Gasteiger partial charge on any atom is -0.299 e. The Hall–Kier alpha value is -0.490. The first-order valence-electron chi connectivity index (χ1n) is 5.85. The molecule has 0 saturated heterocycles. The van der Waals surface area contributed by atoms with Crippen LogP contribution in [-0.2, 0) is 4.79 Å². The van der Waals surface area contributed by atoms with Crippen LogP contribution >= 0.6 is 0 Å². The minimum absolute atomic E-state index is 0.122. The molecule has 0 aromatic heterocycles. The summed E-state index contributed by atoms with van der Waals surface area (Å²) >= 11 is 0. The average molecular weight is 230 g/mol. The molecule has 5 nitrogen and oxygen atoms in total. The SMILES string of the molecule is C[N+](C)(N)CC1CCC(C[N+](C)(C)N)C1=O. The summed E-state index contributed by atoms with van der Waals surface area (Å²) in [7, 11) is 7.68. The highest BCUT2D eigenvalue weighted by Crippen LogP contribution is 2.29. The minimum atomic E-state index is 0.122. The molecule has 1 fully saturated rings. The van der Waals surface area contributed by atoms with Gasteiger partial charge in [0.2, 0.25) is 0 Å². The standard InChI is InChI=1S/C11H26N4O/c1-14(2,12)7-9-5-6-10(11(9)16)8-15(3,4)13/h9-10H,5-8,12-13H2,1-4H3/q+2. The Morgan fingerprint density at radius 1 is 1.00 bits per heavy atom. The number of rotatable bonds is 4. The Kier molecular flexibility index (Phi) is 3.74. The molecule has 0 heterocycles. The lowest BCUT2D eigenvalue weighted by atomic mass is 10.0. The third-order valence-electron chi connectivity index (χ3n) is 3.05. The lowest BCUT2D eigenvalue weighted by Crippen LogP contribution is -2.52. The average Bonchev–Trinajstić information content (AvgIpc) is 2.30. The predicted molar refractivity (Wildman–Crippen MR) is 63.5 cm³/mol. The molecule has 0 amide bonds. The topological polar surface area (TPSA) is 69.1 Å². The number of Topliss-reactive ketones (excluding diaryl/α,β-unsaturated/α-hetero) is 1. The van der Waals surface area contributed by atoms with Crippen molar-refractivity contribution in [3.05, 3.63) is 0 Å². The molecule has 0 bridgehead atoms. The van der Waals surface area contributed by atoms with Crippen LogP contribution in [0.15, 0.2) is 0 Å².